The summed E-state index contributed by atoms with van der Waals surface area (Å²) >= 11 is 9.78. The lowest BCUT2D eigenvalue weighted by Crippen LogP contribution is -2.24. The number of nitrogens with zero attached hydrogens (tertiary/aromatic N) is 4. The molecule has 1 saturated heterocycles. The van der Waals surface area contributed by atoms with Crippen LogP contribution in [-0.4, -0.2) is 41.3 Å². The van der Waals surface area contributed by atoms with Crippen LogP contribution in [0.4, 0.5) is 0 Å². The van der Waals surface area contributed by atoms with Crippen LogP contribution in [0.25, 0.3) is 32.7 Å². The van der Waals surface area contributed by atoms with Crippen LogP contribution in [0.15, 0.2) is 30.9 Å². The van der Waals surface area contributed by atoms with Gasteiger partial charge in [0.05, 0.1) is 21.8 Å². The van der Waals surface area contributed by atoms with E-state index >= 15 is 0 Å². The van der Waals surface area contributed by atoms with Gasteiger partial charge in [-0.1, -0.05) is 11.6 Å². The normalized spacial score (nSPS) is 20.0. The predicted molar refractivity (Wildman–Crippen MR) is 110 cm³/mol. The molecule has 0 bridgehead atoms. The third kappa shape index (κ3) is 2.87. The Morgan fingerprint density at radius 2 is 2.19 bits per heavy atom. The van der Waals surface area contributed by atoms with Crippen LogP contribution in [0.3, 0.4) is 0 Å². The fraction of sp³-hybridized carbons (Fsp3) is 0.278. The zero-order valence-corrected chi connectivity index (χ0v) is 16.8. The smallest absolute Gasteiger partial charge is 0.138 e. The van der Waals surface area contributed by atoms with Crippen molar-refractivity contribution in [1.29, 1.82) is 0 Å². The maximum Gasteiger partial charge on any atom is 0.138 e. The van der Waals surface area contributed by atoms with Crippen molar-refractivity contribution >= 4 is 45.7 Å². The van der Waals surface area contributed by atoms with Gasteiger partial charge in [0.1, 0.15) is 16.3 Å². The van der Waals surface area contributed by atoms with E-state index in [0.29, 0.717) is 10.8 Å². The molecule has 5 heterocycles. The Morgan fingerprint density at radius 1 is 1.30 bits per heavy atom. The molecule has 9 heteroatoms. The number of rotatable bonds is 3. The van der Waals surface area contributed by atoms with Crippen molar-refractivity contribution in [1.82, 2.24) is 24.7 Å². The first kappa shape index (κ1) is 17.2. The quantitative estimate of drug-likeness (QED) is 0.525. The summed E-state index contributed by atoms with van der Waals surface area (Å²) in [5.74, 6) is 1.65. The SMILES string of the molecule is Cn1cc(-c2cc3c(-c4cnc(C5(O)CCSC5)s4)c(Cl)cnc3[nH]2)cn1. The van der Waals surface area contributed by atoms with Gasteiger partial charge in [-0.25, -0.2) is 9.97 Å². The highest BCUT2D eigenvalue weighted by atomic mass is 35.5. The van der Waals surface area contributed by atoms with Crippen LogP contribution >= 0.6 is 34.7 Å². The number of nitrogens with one attached hydrogen (secondary N) is 1. The molecule has 1 atom stereocenters. The molecule has 1 unspecified atom stereocenters. The molecule has 1 fully saturated rings. The number of hydrogen-bond acceptors (Lipinski definition) is 6. The summed E-state index contributed by atoms with van der Waals surface area (Å²) in [6.07, 6.45) is 7.95. The predicted octanol–water partition coefficient (Wildman–Crippen LogP) is 4.06. The molecule has 0 aliphatic carbocycles. The highest BCUT2D eigenvalue weighted by Crippen LogP contribution is 2.43. The van der Waals surface area contributed by atoms with E-state index in [1.54, 1.807) is 28.8 Å². The average Bonchev–Trinajstić information content (AvgIpc) is 3.40. The van der Waals surface area contributed by atoms with E-state index in [4.69, 9.17) is 11.6 Å². The summed E-state index contributed by atoms with van der Waals surface area (Å²) < 4.78 is 1.76. The lowest BCUT2D eigenvalue weighted by atomic mass is 10.1. The van der Waals surface area contributed by atoms with Gasteiger partial charge in [0.15, 0.2) is 0 Å². The minimum atomic E-state index is -0.828. The highest BCUT2D eigenvalue weighted by molar-refractivity contribution is 7.99. The number of aliphatic hydroxyl groups is 1. The maximum absolute atomic E-state index is 10.8. The monoisotopic (exact) mass is 417 g/mol. The number of halogens is 1. The van der Waals surface area contributed by atoms with Gasteiger partial charge in [-0.2, -0.15) is 16.9 Å². The Morgan fingerprint density at radius 3 is 2.93 bits per heavy atom. The summed E-state index contributed by atoms with van der Waals surface area (Å²) in [6.45, 7) is 0. The van der Waals surface area contributed by atoms with E-state index in [1.165, 1.54) is 11.3 Å². The second-order valence-electron chi connectivity index (χ2n) is 6.69. The van der Waals surface area contributed by atoms with E-state index in [2.05, 4.69) is 20.1 Å². The summed E-state index contributed by atoms with van der Waals surface area (Å²) in [5, 5.41) is 17.3. The number of hydrogen-bond donors (Lipinski definition) is 2. The lowest BCUT2D eigenvalue weighted by molar-refractivity contribution is 0.0655. The first-order valence-corrected chi connectivity index (χ1v) is 10.8. The van der Waals surface area contributed by atoms with Crippen molar-refractivity contribution in [2.45, 2.75) is 12.0 Å². The molecule has 5 rings (SSSR count). The largest absolute Gasteiger partial charge is 0.382 e. The van der Waals surface area contributed by atoms with Crippen molar-refractivity contribution in [2.75, 3.05) is 11.5 Å². The van der Waals surface area contributed by atoms with Crippen molar-refractivity contribution in [3.8, 4) is 21.7 Å². The maximum atomic E-state index is 10.8. The summed E-state index contributed by atoms with van der Waals surface area (Å²) in [5.41, 5.74) is 2.75. The molecule has 0 aromatic carbocycles. The van der Waals surface area contributed by atoms with E-state index < -0.39 is 5.60 Å². The first-order chi connectivity index (χ1) is 13.0. The molecule has 138 valence electrons. The van der Waals surface area contributed by atoms with Gasteiger partial charge < -0.3 is 10.1 Å². The lowest BCUT2D eigenvalue weighted by Gasteiger charge is -2.17. The number of thiazole rings is 1. The Balaban J connectivity index is 1.63. The minimum absolute atomic E-state index is 0.572. The van der Waals surface area contributed by atoms with Crippen LogP contribution in [0, 0.1) is 0 Å². The average molecular weight is 418 g/mol. The van der Waals surface area contributed by atoms with Crippen LogP contribution in [0.2, 0.25) is 5.02 Å². The van der Waals surface area contributed by atoms with E-state index in [1.807, 2.05) is 25.5 Å². The molecule has 0 radical (unpaired) electrons. The van der Waals surface area contributed by atoms with Crippen LogP contribution in [0.1, 0.15) is 11.4 Å². The number of pyridine rings is 1. The number of aromatic nitrogens is 5. The molecule has 1 aliphatic rings. The van der Waals surface area contributed by atoms with Gasteiger partial charge >= 0.3 is 0 Å². The number of fused-ring (bicyclic) bond motifs is 1. The molecule has 2 N–H and O–H groups in total. The van der Waals surface area contributed by atoms with Gasteiger partial charge in [-0.15, -0.1) is 11.3 Å². The highest BCUT2D eigenvalue weighted by Gasteiger charge is 2.36. The molecule has 6 nitrogen and oxygen atoms in total. The molecule has 4 aromatic heterocycles. The number of aromatic amines is 1. The zero-order valence-electron chi connectivity index (χ0n) is 14.4. The van der Waals surface area contributed by atoms with Crippen LogP contribution in [0.5, 0.6) is 0 Å². The molecular formula is C18H16ClN5OS2. The number of thioether (sulfide) groups is 1. The zero-order chi connectivity index (χ0) is 18.6. The molecule has 0 spiro atoms. The fourth-order valence-electron chi connectivity index (χ4n) is 3.34. The van der Waals surface area contributed by atoms with Crippen LogP contribution < -0.4 is 0 Å². The molecule has 27 heavy (non-hydrogen) atoms. The molecular weight excluding hydrogens is 402 g/mol. The van der Waals surface area contributed by atoms with Crippen molar-refractivity contribution in [3.63, 3.8) is 0 Å². The van der Waals surface area contributed by atoms with Crippen LogP contribution in [-0.2, 0) is 12.6 Å². The van der Waals surface area contributed by atoms with Gasteiger partial charge in [0.25, 0.3) is 0 Å². The molecule has 0 saturated carbocycles. The standard InChI is InChI=1S/C18H16ClN5OS2/c1-24-8-10(5-22-24)13-4-11-15(12(19)6-20-16(11)23-13)14-7-21-17(27-14)18(25)2-3-26-9-18/h4-8,25H,2-3,9H2,1H3,(H,20,23). The second-order valence-corrected chi connectivity index (χ2v) is 9.24. The van der Waals surface area contributed by atoms with E-state index in [9.17, 15) is 5.11 Å². The summed E-state index contributed by atoms with van der Waals surface area (Å²) in [7, 11) is 1.89. The van der Waals surface area contributed by atoms with Gasteiger partial charge in [0.2, 0.25) is 0 Å². The Kier molecular flexibility index (Phi) is 4.05. The third-order valence-electron chi connectivity index (χ3n) is 4.78. The van der Waals surface area contributed by atoms with Crippen molar-refractivity contribution < 1.29 is 5.11 Å². The molecule has 0 amide bonds. The van der Waals surface area contributed by atoms with Crippen molar-refractivity contribution in [3.05, 3.63) is 40.9 Å². The van der Waals surface area contributed by atoms with Gasteiger partial charge in [-0.05, 0) is 18.2 Å². The Hall–Kier alpha value is -1.87. The van der Waals surface area contributed by atoms with Crippen molar-refractivity contribution in [2.24, 2.45) is 7.05 Å². The number of H-pyrrole nitrogens is 1. The summed E-state index contributed by atoms with van der Waals surface area (Å²) in [6, 6.07) is 2.04. The topological polar surface area (TPSA) is 79.6 Å². The summed E-state index contributed by atoms with van der Waals surface area (Å²) in [4.78, 5) is 13.2. The van der Waals surface area contributed by atoms with Gasteiger partial charge in [0, 0.05) is 47.9 Å². The second kappa shape index (κ2) is 6.34. The minimum Gasteiger partial charge on any atom is -0.382 e. The van der Waals surface area contributed by atoms with Gasteiger partial charge in [-0.3, -0.25) is 4.68 Å². The number of aryl methyl sites for hydroxylation is 1. The van der Waals surface area contributed by atoms with E-state index in [-0.39, 0.29) is 0 Å². The third-order valence-corrected chi connectivity index (χ3v) is 7.45. The molecule has 4 aromatic rings. The Labute approximate surface area is 168 Å². The fourth-order valence-corrected chi connectivity index (χ4v) is 6.09. The first-order valence-electron chi connectivity index (χ1n) is 8.46. The Bertz CT molecular complexity index is 1140. The molecule has 1 aliphatic heterocycles. The van der Waals surface area contributed by atoms with E-state index in [0.717, 1.165) is 49.9 Å².